The van der Waals surface area contributed by atoms with Gasteiger partial charge in [-0.25, -0.2) is 14.0 Å². The zero-order chi connectivity index (χ0) is 17.8. The van der Waals surface area contributed by atoms with Crippen LogP contribution in [0.25, 0.3) is 0 Å². The maximum Gasteiger partial charge on any atom is 0.338 e. The first-order chi connectivity index (χ1) is 12.1. The summed E-state index contributed by atoms with van der Waals surface area (Å²) in [6.45, 7) is 2.35. The summed E-state index contributed by atoms with van der Waals surface area (Å²) >= 11 is 0. The molecule has 2 heterocycles. The van der Waals surface area contributed by atoms with Crippen molar-refractivity contribution in [3.63, 3.8) is 0 Å². The van der Waals surface area contributed by atoms with Gasteiger partial charge in [-0.1, -0.05) is 18.6 Å². The van der Waals surface area contributed by atoms with Crippen LogP contribution in [0.1, 0.15) is 30.9 Å². The van der Waals surface area contributed by atoms with E-state index >= 15 is 0 Å². The molecule has 2 aliphatic rings. The number of methoxy groups -OCH3 is 1. The van der Waals surface area contributed by atoms with Gasteiger partial charge in [0.1, 0.15) is 5.82 Å². The Labute approximate surface area is 146 Å². The first-order valence-electron chi connectivity index (χ1n) is 8.45. The molecule has 0 radical (unpaired) electrons. The highest BCUT2D eigenvalue weighted by atomic mass is 19.1. The molecule has 0 spiro atoms. The van der Waals surface area contributed by atoms with Gasteiger partial charge in [0.05, 0.1) is 18.7 Å². The number of benzene rings is 1. The highest BCUT2D eigenvalue weighted by Crippen LogP contribution is 2.28. The number of carbonyl (C=O) groups excluding carboxylic acids is 2. The van der Waals surface area contributed by atoms with Gasteiger partial charge in [0.2, 0.25) is 0 Å². The highest BCUT2D eigenvalue weighted by molar-refractivity contribution is 5.95. The molecule has 7 heteroatoms. The number of urea groups is 1. The molecular formula is C18H22FN3O3. The van der Waals surface area contributed by atoms with Crippen molar-refractivity contribution >= 4 is 12.0 Å². The van der Waals surface area contributed by atoms with E-state index < -0.39 is 12.0 Å². The van der Waals surface area contributed by atoms with Gasteiger partial charge in [-0.2, -0.15) is 0 Å². The number of rotatable bonds is 4. The second-order valence-electron chi connectivity index (χ2n) is 6.30. The summed E-state index contributed by atoms with van der Waals surface area (Å²) in [5, 5.41) is 5.49. The number of piperidine rings is 1. The number of nitrogens with zero attached hydrogens (tertiary/aromatic N) is 1. The SMILES string of the molecule is COC(=O)C1=C(CN2CCCCC2)NC(=O)NC1c1ccc(F)cc1. The molecule has 2 amide bonds. The molecule has 1 atom stereocenters. The van der Waals surface area contributed by atoms with E-state index in [1.807, 2.05) is 0 Å². The van der Waals surface area contributed by atoms with Gasteiger partial charge in [-0.3, -0.25) is 4.90 Å². The Balaban J connectivity index is 1.96. The molecule has 1 unspecified atom stereocenters. The Hall–Kier alpha value is -2.41. The number of hydrogen-bond donors (Lipinski definition) is 2. The fourth-order valence-electron chi connectivity index (χ4n) is 3.34. The van der Waals surface area contributed by atoms with Gasteiger partial charge in [0, 0.05) is 12.2 Å². The lowest BCUT2D eigenvalue weighted by Crippen LogP contribution is -2.48. The fraction of sp³-hybridized carbons (Fsp3) is 0.444. The zero-order valence-corrected chi connectivity index (χ0v) is 14.2. The number of esters is 1. The molecule has 0 aromatic heterocycles. The van der Waals surface area contributed by atoms with Crippen LogP contribution in [-0.4, -0.2) is 43.6 Å². The van der Waals surface area contributed by atoms with E-state index in [0.29, 0.717) is 23.4 Å². The molecule has 0 saturated carbocycles. The summed E-state index contributed by atoms with van der Waals surface area (Å²) in [7, 11) is 1.31. The van der Waals surface area contributed by atoms with Crippen LogP contribution in [0.4, 0.5) is 9.18 Å². The summed E-state index contributed by atoms with van der Waals surface area (Å²) < 4.78 is 18.2. The van der Waals surface area contributed by atoms with Gasteiger partial charge < -0.3 is 15.4 Å². The summed E-state index contributed by atoms with van der Waals surface area (Å²) in [5.74, 6) is -0.880. The summed E-state index contributed by atoms with van der Waals surface area (Å²) in [5.41, 5.74) is 1.54. The van der Waals surface area contributed by atoms with Crippen LogP contribution in [0.2, 0.25) is 0 Å². The van der Waals surface area contributed by atoms with Crippen LogP contribution in [0.3, 0.4) is 0 Å². The third-order valence-corrected chi connectivity index (χ3v) is 4.59. The number of ether oxygens (including phenoxy) is 1. The molecule has 1 aromatic carbocycles. The lowest BCUT2D eigenvalue weighted by atomic mass is 9.94. The molecule has 2 aliphatic heterocycles. The van der Waals surface area contributed by atoms with Gasteiger partial charge in [-0.15, -0.1) is 0 Å². The third-order valence-electron chi connectivity index (χ3n) is 4.59. The van der Waals surface area contributed by atoms with Gasteiger partial charge in [0.25, 0.3) is 0 Å². The third kappa shape index (κ3) is 3.99. The Kier molecular flexibility index (Phi) is 5.33. The van der Waals surface area contributed by atoms with Crippen LogP contribution in [0.15, 0.2) is 35.5 Å². The lowest BCUT2D eigenvalue weighted by molar-refractivity contribution is -0.136. The minimum absolute atomic E-state index is 0.360. The fourth-order valence-corrected chi connectivity index (χ4v) is 3.34. The summed E-state index contributed by atoms with van der Waals surface area (Å²) in [6, 6.07) is 4.70. The van der Waals surface area contributed by atoms with Gasteiger partial charge >= 0.3 is 12.0 Å². The van der Waals surface area contributed by atoms with Crippen molar-refractivity contribution in [1.82, 2.24) is 15.5 Å². The van der Waals surface area contributed by atoms with E-state index in [1.54, 1.807) is 12.1 Å². The largest absolute Gasteiger partial charge is 0.466 e. The Morgan fingerprint density at radius 1 is 1.24 bits per heavy atom. The van der Waals surface area contributed by atoms with Crippen molar-refractivity contribution in [3.05, 3.63) is 46.9 Å². The first-order valence-corrected chi connectivity index (χ1v) is 8.45. The smallest absolute Gasteiger partial charge is 0.338 e. The van der Waals surface area contributed by atoms with Crippen LogP contribution >= 0.6 is 0 Å². The molecule has 134 valence electrons. The molecule has 0 bridgehead atoms. The first kappa shape index (κ1) is 17.4. The molecular weight excluding hydrogens is 325 g/mol. The predicted octanol–water partition coefficient (Wildman–Crippen LogP) is 2.09. The van der Waals surface area contributed by atoms with E-state index in [0.717, 1.165) is 25.9 Å². The van der Waals surface area contributed by atoms with E-state index in [9.17, 15) is 14.0 Å². The van der Waals surface area contributed by atoms with E-state index in [-0.39, 0.29) is 11.8 Å². The molecule has 25 heavy (non-hydrogen) atoms. The van der Waals surface area contributed by atoms with Gasteiger partial charge in [0.15, 0.2) is 0 Å². The van der Waals surface area contributed by atoms with Crippen molar-refractivity contribution in [2.24, 2.45) is 0 Å². The quantitative estimate of drug-likeness (QED) is 0.819. The van der Waals surface area contributed by atoms with Crippen molar-refractivity contribution < 1.29 is 18.7 Å². The minimum Gasteiger partial charge on any atom is -0.466 e. The lowest BCUT2D eigenvalue weighted by Gasteiger charge is -2.33. The van der Waals surface area contributed by atoms with E-state index in [1.165, 1.54) is 25.7 Å². The summed E-state index contributed by atoms with van der Waals surface area (Å²) in [6.07, 6.45) is 3.41. The Morgan fingerprint density at radius 2 is 1.92 bits per heavy atom. The minimum atomic E-state index is -0.665. The maximum atomic E-state index is 13.2. The average Bonchev–Trinajstić information content (AvgIpc) is 2.62. The molecule has 0 aliphatic carbocycles. The van der Waals surface area contributed by atoms with Crippen molar-refractivity contribution in [1.29, 1.82) is 0 Å². The predicted molar refractivity (Wildman–Crippen MR) is 90.1 cm³/mol. The Bertz CT molecular complexity index is 681. The average molecular weight is 347 g/mol. The number of amides is 2. The van der Waals surface area contributed by atoms with Crippen LogP contribution in [-0.2, 0) is 9.53 Å². The maximum absolute atomic E-state index is 13.2. The number of likely N-dealkylation sites (tertiary alicyclic amines) is 1. The Morgan fingerprint density at radius 3 is 2.56 bits per heavy atom. The molecule has 6 nitrogen and oxygen atoms in total. The second kappa shape index (κ2) is 7.65. The molecule has 3 rings (SSSR count). The van der Waals surface area contributed by atoms with Crippen LogP contribution < -0.4 is 10.6 Å². The highest BCUT2D eigenvalue weighted by Gasteiger charge is 2.34. The van der Waals surface area contributed by atoms with Crippen LogP contribution in [0.5, 0.6) is 0 Å². The number of halogens is 1. The van der Waals surface area contributed by atoms with Crippen LogP contribution in [0, 0.1) is 5.82 Å². The topological polar surface area (TPSA) is 70.7 Å². The molecule has 1 fully saturated rings. The normalized spacial score (nSPS) is 21.5. The molecule has 1 saturated heterocycles. The zero-order valence-electron chi connectivity index (χ0n) is 14.2. The van der Waals surface area contributed by atoms with Crippen molar-refractivity contribution in [2.45, 2.75) is 25.3 Å². The standard InChI is InChI=1S/C18H22FN3O3/c1-25-17(23)15-14(11-22-9-3-2-4-10-22)20-18(24)21-16(15)12-5-7-13(19)8-6-12/h5-8,16H,2-4,9-11H2,1H3,(H2,20,21,24). The monoisotopic (exact) mass is 347 g/mol. The van der Waals surface area contributed by atoms with Crippen molar-refractivity contribution in [2.75, 3.05) is 26.7 Å². The van der Waals surface area contributed by atoms with E-state index in [2.05, 4.69) is 15.5 Å². The summed E-state index contributed by atoms with van der Waals surface area (Å²) in [4.78, 5) is 26.8. The molecule has 2 N–H and O–H groups in total. The van der Waals surface area contributed by atoms with Crippen molar-refractivity contribution in [3.8, 4) is 0 Å². The number of carbonyl (C=O) groups is 2. The van der Waals surface area contributed by atoms with E-state index in [4.69, 9.17) is 4.74 Å². The molecule has 1 aromatic rings. The van der Waals surface area contributed by atoms with Gasteiger partial charge in [-0.05, 0) is 43.6 Å². The number of nitrogens with one attached hydrogen (secondary N) is 2. The second-order valence-corrected chi connectivity index (χ2v) is 6.30. The number of hydrogen-bond acceptors (Lipinski definition) is 4.